The fourth-order valence-electron chi connectivity index (χ4n) is 2.80. The van der Waals surface area contributed by atoms with E-state index in [0.717, 1.165) is 44.3 Å². The lowest BCUT2D eigenvalue weighted by Crippen LogP contribution is -2.46. The van der Waals surface area contributed by atoms with E-state index in [1.165, 1.54) is 0 Å². The summed E-state index contributed by atoms with van der Waals surface area (Å²) in [6.45, 7) is 11.6. The molecule has 0 bridgehead atoms. The third-order valence-electron chi connectivity index (χ3n) is 4.29. The number of carbonyl (C=O) groups excluding carboxylic acids is 1. The molecule has 0 radical (unpaired) electrons. The van der Waals surface area contributed by atoms with Crippen molar-refractivity contribution in [3.63, 3.8) is 0 Å². The summed E-state index contributed by atoms with van der Waals surface area (Å²) in [7, 11) is 0. The van der Waals surface area contributed by atoms with Gasteiger partial charge < -0.3 is 15.5 Å². The summed E-state index contributed by atoms with van der Waals surface area (Å²) in [5.41, 5.74) is -0.364. The lowest BCUT2D eigenvalue weighted by molar-refractivity contribution is -0.128. The number of hydrogen-bond donors (Lipinski definition) is 3. The van der Waals surface area contributed by atoms with Crippen molar-refractivity contribution in [3.8, 4) is 0 Å². The standard InChI is InChI=1S/C17H31N7O.HI/c1-5-18-16(20-9-8-19-15(25)17(2,3)4)24-10-6-13(7-11-24)14-21-12-22-23-14;/h12-13H,5-11H2,1-4H3,(H,18,20)(H,19,25)(H,21,22,23);1H. The molecule has 2 rings (SSSR count). The van der Waals surface area contributed by atoms with Crippen LogP contribution in [0.3, 0.4) is 0 Å². The third kappa shape index (κ3) is 6.73. The van der Waals surface area contributed by atoms with E-state index < -0.39 is 0 Å². The van der Waals surface area contributed by atoms with Crippen LogP contribution in [0.15, 0.2) is 11.3 Å². The molecule has 0 aromatic carbocycles. The Kier molecular flexibility index (Phi) is 9.31. The highest BCUT2D eigenvalue weighted by molar-refractivity contribution is 14.0. The first-order valence-corrected chi connectivity index (χ1v) is 9.08. The number of aromatic amines is 1. The summed E-state index contributed by atoms with van der Waals surface area (Å²) in [6, 6.07) is 0. The van der Waals surface area contributed by atoms with Crippen molar-refractivity contribution in [2.75, 3.05) is 32.7 Å². The first-order chi connectivity index (χ1) is 11.9. The van der Waals surface area contributed by atoms with E-state index in [2.05, 4.69) is 42.6 Å². The lowest BCUT2D eigenvalue weighted by Gasteiger charge is -2.33. The summed E-state index contributed by atoms with van der Waals surface area (Å²) in [4.78, 5) is 23.1. The van der Waals surface area contributed by atoms with Crippen LogP contribution in [-0.2, 0) is 4.79 Å². The van der Waals surface area contributed by atoms with Gasteiger partial charge in [0.25, 0.3) is 0 Å². The largest absolute Gasteiger partial charge is 0.357 e. The van der Waals surface area contributed by atoms with Crippen LogP contribution in [0.2, 0.25) is 0 Å². The molecule has 0 unspecified atom stereocenters. The van der Waals surface area contributed by atoms with Crippen LogP contribution >= 0.6 is 24.0 Å². The molecule has 0 atom stereocenters. The molecule has 9 heteroatoms. The second-order valence-corrected chi connectivity index (χ2v) is 7.37. The first-order valence-electron chi connectivity index (χ1n) is 9.08. The van der Waals surface area contributed by atoms with Crippen molar-refractivity contribution in [2.45, 2.75) is 46.5 Å². The summed E-state index contributed by atoms with van der Waals surface area (Å²) in [5, 5.41) is 13.2. The Hall–Kier alpha value is -1.39. The highest BCUT2D eigenvalue weighted by Crippen LogP contribution is 2.24. The number of nitrogens with zero attached hydrogens (tertiary/aromatic N) is 4. The molecule has 148 valence electrons. The second-order valence-electron chi connectivity index (χ2n) is 7.37. The summed E-state index contributed by atoms with van der Waals surface area (Å²) in [5.74, 6) is 2.39. The predicted octanol–water partition coefficient (Wildman–Crippen LogP) is 1.73. The van der Waals surface area contributed by atoms with Crippen LogP contribution in [0.5, 0.6) is 0 Å². The maximum absolute atomic E-state index is 11.9. The minimum atomic E-state index is -0.364. The zero-order chi connectivity index (χ0) is 18.3. The molecule has 1 saturated heterocycles. The fraction of sp³-hybridized carbons (Fsp3) is 0.765. The van der Waals surface area contributed by atoms with Crippen LogP contribution in [0, 0.1) is 5.41 Å². The van der Waals surface area contributed by atoms with Crippen molar-refractivity contribution in [3.05, 3.63) is 12.2 Å². The van der Waals surface area contributed by atoms with Gasteiger partial charge in [-0.15, -0.1) is 24.0 Å². The maximum atomic E-state index is 11.9. The van der Waals surface area contributed by atoms with Crippen molar-refractivity contribution < 1.29 is 4.79 Å². The quantitative estimate of drug-likeness (QED) is 0.260. The molecule has 1 aromatic rings. The molecule has 3 N–H and O–H groups in total. The Labute approximate surface area is 173 Å². The number of likely N-dealkylation sites (tertiary alicyclic amines) is 1. The van der Waals surface area contributed by atoms with E-state index in [0.29, 0.717) is 19.0 Å². The van der Waals surface area contributed by atoms with Gasteiger partial charge in [-0.3, -0.25) is 14.9 Å². The third-order valence-corrected chi connectivity index (χ3v) is 4.29. The number of nitrogens with one attached hydrogen (secondary N) is 3. The molecular weight excluding hydrogens is 445 g/mol. The lowest BCUT2D eigenvalue weighted by atomic mass is 9.96. The zero-order valence-electron chi connectivity index (χ0n) is 16.2. The molecule has 1 aromatic heterocycles. The van der Waals surface area contributed by atoms with Crippen LogP contribution < -0.4 is 10.6 Å². The molecule has 1 aliphatic rings. The van der Waals surface area contributed by atoms with E-state index in [1.807, 2.05) is 20.8 Å². The molecule has 8 nitrogen and oxygen atoms in total. The highest BCUT2D eigenvalue weighted by atomic mass is 127. The summed E-state index contributed by atoms with van der Waals surface area (Å²) < 4.78 is 0. The van der Waals surface area contributed by atoms with Crippen molar-refractivity contribution in [2.24, 2.45) is 10.4 Å². The van der Waals surface area contributed by atoms with E-state index >= 15 is 0 Å². The molecule has 0 spiro atoms. The van der Waals surface area contributed by atoms with Gasteiger partial charge in [-0.25, -0.2) is 4.98 Å². The molecule has 1 fully saturated rings. The molecule has 0 saturated carbocycles. The average Bonchev–Trinajstić information content (AvgIpc) is 3.11. The minimum absolute atomic E-state index is 0. The molecule has 26 heavy (non-hydrogen) atoms. The Morgan fingerprint density at radius 1 is 1.35 bits per heavy atom. The van der Waals surface area contributed by atoms with Crippen molar-refractivity contribution in [1.82, 2.24) is 30.7 Å². The smallest absolute Gasteiger partial charge is 0.225 e. The predicted molar refractivity (Wildman–Crippen MR) is 114 cm³/mol. The minimum Gasteiger partial charge on any atom is -0.357 e. The van der Waals surface area contributed by atoms with Gasteiger partial charge in [0.05, 0.1) is 6.54 Å². The van der Waals surface area contributed by atoms with Gasteiger partial charge in [0, 0.05) is 37.5 Å². The highest BCUT2D eigenvalue weighted by Gasteiger charge is 2.24. The zero-order valence-corrected chi connectivity index (χ0v) is 18.5. The van der Waals surface area contributed by atoms with Gasteiger partial charge in [0.2, 0.25) is 5.91 Å². The topological polar surface area (TPSA) is 98.3 Å². The Morgan fingerprint density at radius 3 is 2.58 bits per heavy atom. The number of halogens is 1. The fourth-order valence-corrected chi connectivity index (χ4v) is 2.80. The van der Waals surface area contributed by atoms with E-state index in [9.17, 15) is 4.79 Å². The number of hydrogen-bond acceptors (Lipinski definition) is 4. The SMILES string of the molecule is CCNC(=NCCNC(=O)C(C)(C)C)N1CCC(c2ncn[nH]2)CC1.I. The molecule has 1 amide bonds. The van der Waals surface area contributed by atoms with Gasteiger partial charge in [-0.05, 0) is 19.8 Å². The summed E-state index contributed by atoms with van der Waals surface area (Å²) in [6.07, 6.45) is 3.62. The van der Waals surface area contributed by atoms with Gasteiger partial charge >= 0.3 is 0 Å². The number of carbonyl (C=O) groups is 1. The number of piperidine rings is 1. The molecule has 1 aliphatic heterocycles. The normalized spacial score (nSPS) is 16.2. The van der Waals surface area contributed by atoms with Gasteiger partial charge in [0.15, 0.2) is 5.96 Å². The van der Waals surface area contributed by atoms with Crippen LogP contribution in [0.1, 0.15) is 52.3 Å². The number of guanidine groups is 1. The van der Waals surface area contributed by atoms with Crippen LogP contribution in [0.4, 0.5) is 0 Å². The van der Waals surface area contributed by atoms with E-state index in [4.69, 9.17) is 0 Å². The Balaban J connectivity index is 0.00000338. The number of rotatable bonds is 5. The molecular formula is C17H32IN7O. The second kappa shape index (κ2) is 10.7. The van der Waals surface area contributed by atoms with Gasteiger partial charge in [-0.2, -0.15) is 5.10 Å². The average molecular weight is 477 g/mol. The molecule has 2 heterocycles. The van der Waals surface area contributed by atoms with E-state index in [-0.39, 0.29) is 35.3 Å². The first kappa shape index (κ1) is 22.7. The number of aliphatic imine (C=N–C) groups is 1. The van der Waals surface area contributed by atoms with Crippen LogP contribution in [-0.4, -0.2) is 64.7 Å². The van der Waals surface area contributed by atoms with Gasteiger partial charge in [-0.1, -0.05) is 20.8 Å². The van der Waals surface area contributed by atoms with E-state index in [1.54, 1.807) is 6.33 Å². The number of amides is 1. The number of H-pyrrole nitrogens is 1. The number of aromatic nitrogens is 3. The molecule has 0 aliphatic carbocycles. The van der Waals surface area contributed by atoms with Crippen molar-refractivity contribution >= 4 is 35.8 Å². The van der Waals surface area contributed by atoms with Gasteiger partial charge in [0.1, 0.15) is 12.2 Å². The maximum Gasteiger partial charge on any atom is 0.225 e. The Bertz CT molecular complexity index is 560. The summed E-state index contributed by atoms with van der Waals surface area (Å²) >= 11 is 0. The van der Waals surface area contributed by atoms with Crippen molar-refractivity contribution in [1.29, 1.82) is 0 Å². The van der Waals surface area contributed by atoms with Crippen LogP contribution in [0.25, 0.3) is 0 Å². The monoisotopic (exact) mass is 477 g/mol. The Morgan fingerprint density at radius 2 is 2.04 bits per heavy atom.